The van der Waals surface area contributed by atoms with Crippen molar-refractivity contribution in [2.45, 2.75) is 39.2 Å². The summed E-state index contributed by atoms with van der Waals surface area (Å²) in [4.78, 5) is 18.2. The smallest absolute Gasteiger partial charge is 0.178 e. The van der Waals surface area contributed by atoms with Gasteiger partial charge in [0.1, 0.15) is 0 Å². The van der Waals surface area contributed by atoms with Crippen LogP contribution >= 0.6 is 0 Å². The van der Waals surface area contributed by atoms with Gasteiger partial charge in [-0.2, -0.15) is 0 Å². The van der Waals surface area contributed by atoms with Crippen LogP contribution in [0.4, 0.5) is 0 Å². The van der Waals surface area contributed by atoms with E-state index in [1.165, 1.54) is 12.8 Å². The summed E-state index contributed by atoms with van der Waals surface area (Å²) in [6, 6.07) is 8.66. The summed E-state index contributed by atoms with van der Waals surface area (Å²) in [6.45, 7) is 6.08. The van der Waals surface area contributed by atoms with Gasteiger partial charge in [0.25, 0.3) is 0 Å². The molecule has 3 heteroatoms. The number of carbonyl (C=O) groups excluding carboxylic acids is 1. The molecule has 1 aromatic heterocycles. The highest BCUT2D eigenvalue weighted by Crippen LogP contribution is 2.28. The molecule has 3 rings (SSSR count). The fourth-order valence-electron chi connectivity index (χ4n) is 2.83. The number of para-hydroxylation sites is 1. The third kappa shape index (κ3) is 3.35. The lowest BCUT2D eigenvalue weighted by Crippen LogP contribution is -2.33. The van der Waals surface area contributed by atoms with Crippen molar-refractivity contribution in [2.24, 2.45) is 5.92 Å². The Morgan fingerprint density at radius 1 is 1.33 bits per heavy atom. The van der Waals surface area contributed by atoms with E-state index < -0.39 is 0 Å². The molecule has 2 aromatic rings. The van der Waals surface area contributed by atoms with Crippen molar-refractivity contribution >= 4 is 16.7 Å². The summed E-state index contributed by atoms with van der Waals surface area (Å²) in [5.74, 6) is 0.928. The van der Waals surface area contributed by atoms with E-state index in [4.69, 9.17) is 0 Å². The Morgan fingerprint density at radius 3 is 2.81 bits per heavy atom. The normalized spacial score (nSPS) is 15.2. The van der Waals surface area contributed by atoms with Gasteiger partial charge in [-0.25, -0.2) is 0 Å². The molecule has 0 saturated heterocycles. The van der Waals surface area contributed by atoms with Gasteiger partial charge in [-0.1, -0.05) is 32.0 Å². The van der Waals surface area contributed by atoms with E-state index in [1.54, 1.807) is 0 Å². The Labute approximate surface area is 126 Å². The fraction of sp³-hybridized carbons (Fsp3) is 0.500. The highest BCUT2D eigenvalue weighted by Gasteiger charge is 2.30. The molecule has 0 amide bonds. The van der Waals surface area contributed by atoms with Gasteiger partial charge in [0.15, 0.2) is 5.78 Å². The molecule has 1 saturated carbocycles. The van der Waals surface area contributed by atoms with Crippen LogP contribution in [0.1, 0.15) is 43.5 Å². The maximum atomic E-state index is 12.6. The van der Waals surface area contributed by atoms with E-state index >= 15 is 0 Å². The van der Waals surface area contributed by atoms with Gasteiger partial charge in [-0.05, 0) is 37.8 Å². The average molecular weight is 284 g/mol. The molecule has 21 heavy (non-hydrogen) atoms. The number of H-pyrrole nitrogens is 1. The van der Waals surface area contributed by atoms with E-state index in [1.807, 2.05) is 30.5 Å². The largest absolute Gasteiger partial charge is 0.360 e. The molecule has 0 spiro atoms. The van der Waals surface area contributed by atoms with Crippen molar-refractivity contribution < 1.29 is 4.79 Å². The number of ketones is 1. The molecule has 0 atom stereocenters. The van der Waals surface area contributed by atoms with Crippen LogP contribution in [0.3, 0.4) is 0 Å². The third-order valence-corrected chi connectivity index (χ3v) is 4.29. The van der Waals surface area contributed by atoms with Gasteiger partial charge in [0, 0.05) is 28.7 Å². The highest BCUT2D eigenvalue weighted by molar-refractivity contribution is 6.08. The highest BCUT2D eigenvalue weighted by atomic mass is 16.1. The molecule has 1 aliphatic rings. The molecule has 1 N–H and O–H groups in total. The molecule has 0 unspecified atom stereocenters. The van der Waals surface area contributed by atoms with Crippen molar-refractivity contribution in [3.05, 3.63) is 36.0 Å². The van der Waals surface area contributed by atoms with Gasteiger partial charge in [-0.15, -0.1) is 0 Å². The summed E-state index contributed by atoms with van der Waals surface area (Å²) < 4.78 is 0. The van der Waals surface area contributed by atoms with E-state index in [0.29, 0.717) is 18.5 Å². The summed E-state index contributed by atoms with van der Waals surface area (Å²) in [6.07, 6.45) is 5.52. The summed E-state index contributed by atoms with van der Waals surface area (Å²) in [5, 5.41) is 1.04. The van der Waals surface area contributed by atoms with E-state index in [0.717, 1.165) is 29.4 Å². The number of benzene rings is 1. The number of aromatic nitrogens is 1. The maximum absolute atomic E-state index is 12.6. The molecular weight excluding hydrogens is 260 g/mol. The Balaban J connectivity index is 1.72. The van der Waals surface area contributed by atoms with Gasteiger partial charge < -0.3 is 4.98 Å². The van der Waals surface area contributed by atoms with Gasteiger partial charge in [0.2, 0.25) is 0 Å². The molecule has 1 heterocycles. The SMILES string of the molecule is CC(C)CCN(CC(=O)c1c[nH]c2ccccc12)C1CC1. The van der Waals surface area contributed by atoms with Crippen LogP contribution in [-0.4, -0.2) is 34.8 Å². The molecule has 0 aliphatic heterocycles. The first-order valence-corrected chi connectivity index (χ1v) is 7.98. The standard InChI is InChI=1S/C18H24N2O/c1-13(2)9-10-20(14-7-8-14)12-18(21)16-11-19-17-6-4-3-5-15(16)17/h3-6,11,13-14,19H,7-10,12H2,1-2H3. The monoisotopic (exact) mass is 284 g/mol. The van der Waals surface area contributed by atoms with Crippen LogP contribution in [0.5, 0.6) is 0 Å². The molecule has 0 bridgehead atoms. The topological polar surface area (TPSA) is 36.1 Å². The lowest BCUT2D eigenvalue weighted by Gasteiger charge is -2.22. The zero-order valence-electron chi connectivity index (χ0n) is 12.9. The molecule has 1 aliphatic carbocycles. The van der Waals surface area contributed by atoms with Crippen LogP contribution in [0.15, 0.2) is 30.5 Å². The van der Waals surface area contributed by atoms with Gasteiger partial charge in [-0.3, -0.25) is 9.69 Å². The summed E-state index contributed by atoms with van der Waals surface area (Å²) >= 11 is 0. The second-order valence-electron chi connectivity index (χ2n) is 6.56. The van der Waals surface area contributed by atoms with Gasteiger partial charge >= 0.3 is 0 Å². The van der Waals surface area contributed by atoms with Crippen molar-refractivity contribution in [3.8, 4) is 0 Å². The second kappa shape index (κ2) is 6.02. The van der Waals surface area contributed by atoms with Crippen LogP contribution in [0.2, 0.25) is 0 Å². The lowest BCUT2D eigenvalue weighted by atomic mass is 10.1. The molecule has 112 valence electrons. The summed E-state index contributed by atoms with van der Waals surface area (Å²) in [5.41, 5.74) is 1.88. The number of rotatable bonds is 7. The molecule has 0 radical (unpaired) electrons. The number of nitrogens with one attached hydrogen (secondary N) is 1. The van der Waals surface area contributed by atoms with Crippen molar-refractivity contribution in [3.63, 3.8) is 0 Å². The first-order chi connectivity index (χ1) is 10.1. The number of fused-ring (bicyclic) bond motifs is 1. The minimum absolute atomic E-state index is 0.239. The fourth-order valence-corrected chi connectivity index (χ4v) is 2.83. The van der Waals surface area contributed by atoms with Crippen molar-refractivity contribution in [1.82, 2.24) is 9.88 Å². The first kappa shape index (κ1) is 14.3. The number of nitrogens with zero attached hydrogens (tertiary/aromatic N) is 1. The number of aromatic amines is 1. The third-order valence-electron chi connectivity index (χ3n) is 4.29. The Hall–Kier alpha value is -1.61. The maximum Gasteiger partial charge on any atom is 0.178 e. The minimum Gasteiger partial charge on any atom is -0.360 e. The van der Waals surface area contributed by atoms with Gasteiger partial charge in [0.05, 0.1) is 6.54 Å². The molecular formula is C18H24N2O. The zero-order chi connectivity index (χ0) is 14.8. The Bertz CT molecular complexity index is 625. The van der Waals surface area contributed by atoms with E-state index in [9.17, 15) is 4.79 Å². The van der Waals surface area contributed by atoms with Crippen LogP contribution in [0, 0.1) is 5.92 Å². The lowest BCUT2D eigenvalue weighted by molar-refractivity contribution is 0.0922. The average Bonchev–Trinajstić information content (AvgIpc) is 3.22. The Morgan fingerprint density at radius 2 is 2.10 bits per heavy atom. The number of hydrogen-bond acceptors (Lipinski definition) is 2. The van der Waals surface area contributed by atoms with Crippen molar-refractivity contribution in [1.29, 1.82) is 0 Å². The van der Waals surface area contributed by atoms with Crippen molar-refractivity contribution in [2.75, 3.05) is 13.1 Å². The predicted molar refractivity (Wildman–Crippen MR) is 86.7 cm³/mol. The predicted octanol–water partition coefficient (Wildman–Crippen LogP) is 3.86. The number of Topliss-reactive ketones (excluding diaryl/α,β-unsaturated/α-hetero) is 1. The summed E-state index contributed by atoms with van der Waals surface area (Å²) in [7, 11) is 0. The van der Waals surface area contributed by atoms with Crippen LogP contribution in [0.25, 0.3) is 10.9 Å². The molecule has 1 aromatic carbocycles. The van der Waals surface area contributed by atoms with E-state index in [2.05, 4.69) is 23.7 Å². The molecule has 1 fully saturated rings. The quantitative estimate of drug-likeness (QED) is 0.784. The molecule has 3 nitrogen and oxygen atoms in total. The zero-order valence-corrected chi connectivity index (χ0v) is 12.9. The van der Waals surface area contributed by atoms with Crippen LogP contribution in [-0.2, 0) is 0 Å². The Kier molecular flexibility index (Phi) is 4.11. The van der Waals surface area contributed by atoms with E-state index in [-0.39, 0.29) is 5.78 Å². The second-order valence-corrected chi connectivity index (χ2v) is 6.56. The number of hydrogen-bond donors (Lipinski definition) is 1. The first-order valence-electron chi connectivity index (χ1n) is 7.98. The van der Waals surface area contributed by atoms with Crippen LogP contribution < -0.4 is 0 Å². The minimum atomic E-state index is 0.239. The number of carbonyl (C=O) groups is 1.